The predicted octanol–water partition coefficient (Wildman–Crippen LogP) is 3.27. The number of nitrogens with zero attached hydrogens (tertiary/aromatic N) is 1. The van der Waals surface area contributed by atoms with Crippen LogP contribution in [-0.4, -0.2) is 18.3 Å². The Balaban J connectivity index is 2.44. The molecule has 3 aromatic rings. The molecule has 2 aromatic carbocycles. The van der Waals surface area contributed by atoms with Crippen LogP contribution >= 0.6 is 0 Å². The molecule has 0 bridgehead atoms. The number of rotatable bonds is 4. The van der Waals surface area contributed by atoms with Crippen molar-refractivity contribution < 1.29 is 9.47 Å². The molecule has 3 rings (SSSR count). The zero-order valence-corrected chi connectivity index (χ0v) is 12.6. The first kappa shape index (κ1) is 14.2. The molecule has 0 amide bonds. The van der Waals surface area contributed by atoms with Gasteiger partial charge in [-0.25, -0.2) is 0 Å². The quantitative estimate of drug-likeness (QED) is 0.548. The van der Waals surface area contributed by atoms with E-state index in [1.165, 1.54) is 0 Å². The largest absolute Gasteiger partial charge is 0.496 e. The molecule has 4 nitrogen and oxygen atoms in total. The molecular weight excluding hydrogens is 278 g/mol. The normalized spacial score (nSPS) is 10.8. The number of benzene rings is 2. The van der Waals surface area contributed by atoms with Gasteiger partial charge in [0.1, 0.15) is 18.1 Å². The van der Waals surface area contributed by atoms with Gasteiger partial charge in [0.2, 0.25) is 5.43 Å². The van der Waals surface area contributed by atoms with Crippen molar-refractivity contribution in [3.05, 3.63) is 59.3 Å². The van der Waals surface area contributed by atoms with Crippen LogP contribution in [0.4, 0.5) is 0 Å². The van der Waals surface area contributed by atoms with E-state index in [-0.39, 0.29) is 5.43 Å². The highest BCUT2D eigenvalue weighted by Gasteiger charge is 2.14. The highest BCUT2D eigenvalue weighted by atomic mass is 16.5. The van der Waals surface area contributed by atoms with E-state index < -0.39 is 0 Å². The molecule has 0 N–H and O–H groups in total. The van der Waals surface area contributed by atoms with E-state index in [1.54, 1.807) is 19.3 Å². The summed E-state index contributed by atoms with van der Waals surface area (Å²) in [4.78, 5) is 12.8. The third-order valence-corrected chi connectivity index (χ3v) is 3.74. The molecule has 0 radical (unpaired) electrons. The number of pyridine rings is 1. The number of hydrogen-bond donors (Lipinski definition) is 0. The third kappa shape index (κ3) is 2.13. The number of methoxy groups -OCH3 is 1. The summed E-state index contributed by atoms with van der Waals surface area (Å²) in [6, 6.07) is 11.1. The standard InChI is InChI=1S/C18H17NO3/c1-4-9-22-12-10-15-17(16(11-12)21-3)18(20)13-7-5-6-8-14(13)19(15)2/h4-8,10-11H,1,9H2,2-3H3. The van der Waals surface area contributed by atoms with Crippen molar-refractivity contribution in [1.29, 1.82) is 0 Å². The van der Waals surface area contributed by atoms with Crippen LogP contribution in [-0.2, 0) is 7.05 Å². The Bertz CT molecular complexity index is 925. The summed E-state index contributed by atoms with van der Waals surface area (Å²) in [6.45, 7) is 4.04. The second kappa shape index (κ2) is 5.56. The van der Waals surface area contributed by atoms with Crippen LogP contribution in [0, 0.1) is 0 Å². The highest BCUT2D eigenvalue weighted by molar-refractivity contribution is 5.97. The zero-order chi connectivity index (χ0) is 15.7. The lowest BCUT2D eigenvalue weighted by molar-refractivity contribution is 0.358. The van der Waals surface area contributed by atoms with E-state index in [0.717, 1.165) is 11.0 Å². The molecule has 0 fully saturated rings. The summed E-state index contributed by atoms with van der Waals surface area (Å²) in [5, 5.41) is 1.24. The van der Waals surface area contributed by atoms with Crippen LogP contribution in [0.2, 0.25) is 0 Å². The molecule has 22 heavy (non-hydrogen) atoms. The van der Waals surface area contributed by atoms with Crippen LogP contribution in [0.3, 0.4) is 0 Å². The van der Waals surface area contributed by atoms with E-state index in [9.17, 15) is 4.79 Å². The molecule has 0 aliphatic heterocycles. The average Bonchev–Trinajstić information content (AvgIpc) is 2.57. The van der Waals surface area contributed by atoms with Crippen molar-refractivity contribution in [3.63, 3.8) is 0 Å². The first-order valence-electron chi connectivity index (χ1n) is 7.00. The van der Waals surface area contributed by atoms with E-state index in [0.29, 0.717) is 28.9 Å². The van der Waals surface area contributed by atoms with Crippen LogP contribution in [0.1, 0.15) is 0 Å². The number of ether oxygens (including phenoxy) is 2. The van der Waals surface area contributed by atoms with Gasteiger partial charge < -0.3 is 14.0 Å². The van der Waals surface area contributed by atoms with E-state index in [2.05, 4.69) is 6.58 Å². The Morgan fingerprint density at radius 1 is 1.23 bits per heavy atom. The number of aryl methyl sites for hydroxylation is 1. The highest BCUT2D eigenvalue weighted by Crippen LogP contribution is 2.30. The minimum Gasteiger partial charge on any atom is -0.496 e. The van der Waals surface area contributed by atoms with Crippen molar-refractivity contribution in [2.75, 3.05) is 13.7 Å². The Labute approximate surface area is 128 Å². The topological polar surface area (TPSA) is 40.5 Å². The first-order chi connectivity index (χ1) is 10.7. The molecule has 4 heteroatoms. The second-order valence-corrected chi connectivity index (χ2v) is 5.02. The van der Waals surface area contributed by atoms with Gasteiger partial charge in [-0.05, 0) is 12.1 Å². The maximum Gasteiger partial charge on any atom is 0.200 e. The average molecular weight is 295 g/mol. The van der Waals surface area contributed by atoms with Crippen LogP contribution in [0.5, 0.6) is 11.5 Å². The van der Waals surface area contributed by atoms with Crippen LogP contribution in [0.25, 0.3) is 21.8 Å². The molecular formula is C18H17NO3. The van der Waals surface area contributed by atoms with Gasteiger partial charge in [0, 0.05) is 24.6 Å². The fourth-order valence-electron chi connectivity index (χ4n) is 2.69. The third-order valence-electron chi connectivity index (χ3n) is 3.74. The summed E-state index contributed by atoms with van der Waals surface area (Å²) < 4.78 is 13.0. The molecule has 0 spiro atoms. The molecule has 0 saturated carbocycles. The van der Waals surface area contributed by atoms with Crippen molar-refractivity contribution in [2.24, 2.45) is 7.05 Å². The second-order valence-electron chi connectivity index (χ2n) is 5.02. The van der Waals surface area contributed by atoms with Gasteiger partial charge in [-0.1, -0.05) is 24.8 Å². The minimum atomic E-state index is -0.0316. The van der Waals surface area contributed by atoms with Crippen LogP contribution < -0.4 is 14.9 Å². The van der Waals surface area contributed by atoms with Gasteiger partial charge in [0.15, 0.2) is 0 Å². The Morgan fingerprint density at radius 2 is 2.00 bits per heavy atom. The van der Waals surface area contributed by atoms with Crippen molar-refractivity contribution in [3.8, 4) is 11.5 Å². The van der Waals surface area contributed by atoms with Crippen molar-refractivity contribution in [1.82, 2.24) is 4.57 Å². The summed E-state index contributed by atoms with van der Waals surface area (Å²) in [6.07, 6.45) is 1.68. The number of hydrogen-bond acceptors (Lipinski definition) is 3. The molecule has 0 saturated heterocycles. The molecule has 0 aliphatic rings. The monoisotopic (exact) mass is 295 g/mol. The SMILES string of the molecule is C=CCOc1cc(OC)c2c(=O)c3ccccc3n(C)c2c1. The minimum absolute atomic E-state index is 0.0316. The zero-order valence-electron chi connectivity index (χ0n) is 12.6. The van der Waals surface area contributed by atoms with Gasteiger partial charge in [0.25, 0.3) is 0 Å². The maximum absolute atomic E-state index is 12.8. The van der Waals surface area contributed by atoms with Crippen LogP contribution in [0.15, 0.2) is 53.8 Å². The summed E-state index contributed by atoms with van der Waals surface area (Å²) >= 11 is 0. The molecule has 0 unspecified atom stereocenters. The molecule has 1 heterocycles. The molecule has 1 aromatic heterocycles. The van der Waals surface area contributed by atoms with Gasteiger partial charge in [-0.15, -0.1) is 0 Å². The van der Waals surface area contributed by atoms with Crippen molar-refractivity contribution in [2.45, 2.75) is 0 Å². The van der Waals surface area contributed by atoms with E-state index >= 15 is 0 Å². The Kier molecular flexibility index (Phi) is 3.59. The van der Waals surface area contributed by atoms with E-state index in [4.69, 9.17) is 9.47 Å². The predicted molar refractivity (Wildman–Crippen MR) is 88.9 cm³/mol. The lowest BCUT2D eigenvalue weighted by atomic mass is 10.1. The summed E-state index contributed by atoms with van der Waals surface area (Å²) in [7, 11) is 3.49. The Hall–Kier alpha value is -2.75. The summed E-state index contributed by atoms with van der Waals surface area (Å²) in [5.41, 5.74) is 1.63. The lowest BCUT2D eigenvalue weighted by Gasteiger charge is -2.14. The van der Waals surface area contributed by atoms with Crippen molar-refractivity contribution >= 4 is 21.8 Å². The number of fused-ring (bicyclic) bond motifs is 2. The van der Waals surface area contributed by atoms with Gasteiger partial charge in [0.05, 0.1) is 23.5 Å². The molecule has 0 aliphatic carbocycles. The van der Waals surface area contributed by atoms with Gasteiger partial charge >= 0.3 is 0 Å². The van der Waals surface area contributed by atoms with E-state index in [1.807, 2.05) is 41.9 Å². The fourth-order valence-corrected chi connectivity index (χ4v) is 2.69. The molecule has 0 atom stereocenters. The molecule has 112 valence electrons. The van der Waals surface area contributed by atoms with Gasteiger partial charge in [-0.2, -0.15) is 0 Å². The fraction of sp³-hybridized carbons (Fsp3) is 0.167. The Morgan fingerprint density at radius 3 is 2.73 bits per heavy atom. The number of aromatic nitrogens is 1. The van der Waals surface area contributed by atoms with Gasteiger partial charge in [-0.3, -0.25) is 4.79 Å². The first-order valence-corrected chi connectivity index (χ1v) is 7.00. The summed E-state index contributed by atoms with van der Waals surface area (Å²) in [5.74, 6) is 1.16. The lowest BCUT2D eigenvalue weighted by Crippen LogP contribution is -2.10. The number of para-hydroxylation sites is 1. The smallest absolute Gasteiger partial charge is 0.200 e. The maximum atomic E-state index is 12.8.